The van der Waals surface area contributed by atoms with E-state index in [0.717, 1.165) is 23.1 Å². The quantitative estimate of drug-likeness (QED) is 0.732. The molecule has 0 atom stereocenters. The largest absolute Gasteiger partial charge is 0.298 e. The van der Waals surface area contributed by atoms with E-state index < -0.39 is 0 Å². The summed E-state index contributed by atoms with van der Waals surface area (Å²) in [4.78, 5) is 19.2. The zero-order valence-corrected chi connectivity index (χ0v) is 9.05. The van der Waals surface area contributed by atoms with E-state index in [1.54, 1.807) is 18.6 Å². The van der Waals surface area contributed by atoms with Gasteiger partial charge in [-0.25, -0.2) is 0 Å². The van der Waals surface area contributed by atoms with Crippen LogP contribution in [0.3, 0.4) is 0 Å². The van der Waals surface area contributed by atoms with Crippen LogP contribution in [0.1, 0.15) is 27.2 Å². The summed E-state index contributed by atoms with van der Waals surface area (Å²) in [5.74, 6) is 0. The Balaban J connectivity index is 2.31. The Morgan fingerprint density at radius 2 is 2.06 bits per heavy atom. The van der Waals surface area contributed by atoms with Crippen molar-refractivity contribution < 1.29 is 4.79 Å². The molecule has 0 aliphatic rings. The molecule has 2 aromatic heterocycles. The molecule has 0 aliphatic heterocycles. The molecule has 0 saturated carbocycles. The second kappa shape index (κ2) is 4.66. The summed E-state index contributed by atoms with van der Waals surface area (Å²) in [5.41, 5.74) is 3.58. The first-order valence-corrected chi connectivity index (χ1v) is 5.09. The molecule has 80 valence electrons. The van der Waals surface area contributed by atoms with E-state index in [0.29, 0.717) is 12.0 Å². The molecule has 0 radical (unpaired) electrons. The van der Waals surface area contributed by atoms with Gasteiger partial charge in [0.05, 0.1) is 5.69 Å². The van der Waals surface area contributed by atoms with Gasteiger partial charge in [0.1, 0.15) is 0 Å². The average molecular weight is 212 g/mol. The standard InChI is InChI=1S/C13H12N2O/c1-10-6-12(9-16)13(15-8-10)7-11-2-4-14-5-3-11/h2-6,8-9H,7H2,1H3. The number of nitrogens with zero attached hydrogens (tertiary/aromatic N) is 2. The van der Waals surface area contributed by atoms with Gasteiger partial charge in [0, 0.05) is 30.6 Å². The van der Waals surface area contributed by atoms with Crippen molar-refractivity contribution in [3.63, 3.8) is 0 Å². The molecule has 0 amide bonds. The lowest BCUT2D eigenvalue weighted by molar-refractivity contribution is 0.112. The van der Waals surface area contributed by atoms with Gasteiger partial charge in [0.15, 0.2) is 6.29 Å². The molecule has 2 heterocycles. The fourth-order valence-corrected chi connectivity index (χ4v) is 1.56. The first-order valence-electron chi connectivity index (χ1n) is 5.09. The smallest absolute Gasteiger partial charge is 0.151 e. The van der Waals surface area contributed by atoms with Crippen molar-refractivity contribution in [2.45, 2.75) is 13.3 Å². The average Bonchev–Trinajstić information content (AvgIpc) is 2.33. The van der Waals surface area contributed by atoms with E-state index in [-0.39, 0.29) is 0 Å². The molecule has 0 unspecified atom stereocenters. The number of aromatic nitrogens is 2. The number of carbonyl (C=O) groups is 1. The van der Waals surface area contributed by atoms with Gasteiger partial charge in [-0.3, -0.25) is 14.8 Å². The summed E-state index contributed by atoms with van der Waals surface area (Å²) >= 11 is 0. The van der Waals surface area contributed by atoms with Crippen LogP contribution >= 0.6 is 0 Å². The van der Waals surface area contributed by atoms with Crippen molar-refractivity contribution in [2.75, 3.05) is 0 Å². The van der Waals surface area contributed by atoms with Crippen molar-refractivity contribution in [1.82, 2.24) is 9.97 Å². The van der Waals surface area contributed by atoms with Crippen LogP contribution in [0.2, 0.25) is 0 Å². The summed E-state index contributed by atoms with van der Waals surface area (Å²) in [5, 5.41) is 0. The van der Waals surface area contributed by atoms with Crippen LogP contribution in [-0.4, -0.2) is 16.3 Å². The van der Waals surface area contributed by atoms with Gasteiger partial charge in [-0.1, -0.05) is 0 Å². The predicted octanol–water partition coefficient (Wildman–Crippen LogP) is 2.19. The topological polar surface area (TPSA) is 42.9 Å². The van der Waals surface area contributed by atoms with Crippen LogP contribution in [0.15, 0.2) is 36.8 Å². The van der Waals surface area contributed by atoms with Gasteiger partial charge in [-0.05, 0) is 36.2 Å². The summed E-state index contributed by atoms with van der Waals surface area (Å²) in [6.07, 6.45) is 6.78. The molecular weight excluding hydrogens is 200 g/mol. The maximum atomic E-state index is 10.9. The normalized spacial score (nSPS) is 10.1. The molecule has 3 nitrogen and oxygen atoms in total. The van der Waals surface area contributed by atoms with E-state index >= 15 is 0 Å². The molecule has 2 aromatic rings. The molecule has 0 bridgehead atoms. The first-order chi connectivity index (χ1) is 7.79. The summed E-state index contributed by atoms with van der Waals surface area (Å²) in [6, 6.07) is 5.71. The number of aldehydes is 1. The van der Waals surface area contributed by atoms with Crippen LogP contribution in [-0.2, 0) is 6.42 Å². The number of hydrogen-bond acceptors (Lipinski definition) is 3. The Morgan fingerprint density at radius 1 is 1.31 bits per heavy atom. The monoisotopic (exact) mass is 212 g/mol. The number of aryl methyl sites for hydroxylation is 1. The lowest BCUT2D eigenvalue weighted by Crippen LogP contribution is -1.99. The highest BCUT2D eigenvalue weighted by molar-refractivity contribution is 5.76. The minimum absolute atomic E-state index is 0.664. The maximum absolute atomic E-state index is 10.9. The fraction of sp³-hybridized carbons (Fsp3) is 0.154. The molecule has 0 spiro atoms. The van der Waals surface area contributed by atoms with Gasteiger partial charge in [-0.2, -0.15) is 0 Å². The SMILES string of the molecule is Cc1cnc(Cc2ccncc2)c(C=O)c1. The van der Waals surface area contributed by atoms with Gasteiger partial charge in [0.2, 0.25) is 0 Å². The molecule has 16 heavy (non-hydrogen) atoms. The Kier molecular flexibility index (Phi) is 3.05. The molecule has 0 saturated heterocycles. The van der Waals surface area contributed by atoms with Crippen LogP contribution in [0, 0.1) is 6.92 Å². The Labute approximate surface area is 94.2 Å². The summed E-state index contributed by atoms with van der Waals surface area (Å²) in [6.45, 7) is 1.93. The second-order valence-corrected chi connectivity index (χ2v) is 3.70. The van der Waals surface area contributed by atoms with E-state index in [2.05, 4.69) is 9.97 Å². The minimum atomic E-state index is 0.664. The predicted molar refractivity (Wildman–Crippen MR) is 61.4 cm³/mol. The lowest BCUT2D eigenvalue weighted by atomic mass is 10.1. The van der Waals surface area contributed by atoms with Gasteiger partial charge < -0.3 is 0 Å². The van der Waals surface area contributed by atoms with Crippen LogP contribution < -0.4 is 0 Å². The zero-order valence-electron chi connectivity index (χ0n) is 9.05. The summed E-state index contributed by atoms with van der Waals surface area (Å²) in [7, 11) is 0. The summed E-state index contributed by atoms with van der Waals surface area (Å²) < 4.78 is 0. The van der Waals surface area contributed by atoms with Crippen molar-refractivity contribution in [3.8, 4) is 0 Å². The molecule has 0 aromatic carbocycles. The van der Waals surface area contributed by atoms with E-state index in [9.17, 15) is 4.79 Å². The van der Waals surface area contributed by atoms with Gasteiger partial charge in [-0.15, -0.1) is 0 Å². The van der Waals surface area contributed by atoms with E-state index in [4.69, 9.17) is 0 Å². The number of carbonyl (C=O) groups excluding carboxylic acids is 1. The molecular formula is C13H12N2O. The molecule has 0 N–H and O–H groups in total. The highest BCUT2D eigenvalue weighted by atomic mass is 16.1. The maximum Gasteiger partial charge on any atom is 0.151 e. The van der Waals surface area contributed by atoms with Crippen molar-refractivity contribution in [1.29, 1.82) is 0 Å². The van der Waals surface area contributed by atoms with Crippen molar-refractivity contribution in [3.05, 3.63) is 59.2 Å². The fourth-order valence-electron chi connectivity index (χ4n) is 1.56. The third-order valence-electron chi connectivity index (χ3n) is 2.39. The van der Waals surface area contributed by atoms with E-state index in [1.807, 2.05) is 25.1 Å². The second-order valence-electron chi connectivity index (χ2n) is 3.70. The zero-order chi connectivity index (χ0) is 11.4. The Morgan fingerprint density at radius 3 is 2.75 bits per heavy atom. The number of rotatable bonds is 3. The van der Waals surface area contributed by atoms with Gasteiger partial charge >= 0.3 is 0 Å². The molecule has 0 fully saturated rings. The number of pyridine rings is 2. The van der Waals surface area contributed by atoms with Crippen LogP contribution in [0.4, 0.5) is 0 Å². The highest BCUT2D eigenvalue weighted by Crippen LogP contribution is 2.11. The van der Waals surface area contributed by atoms with Gasteiger partial charge in [0.25, 0.3) is 0 Å². The van der Waals surface area contributed by atoms with E-state index in [1.165, 1.54) is 0 Å². The van der Waals surface area contributed by atoms with Crippen molar-refractivity contribution >= 4 is 6.29 Å². The third-order valence-corrected chi connectivity index (χ3v) is 2.39. The highest BCUT2D eigenvalue weighted by Gasteiger charge is 2.04. The molecule has 2 rings (SSSR count). The Hall–Kier alpha value is -2.03. The lowest BCUT2D eigenvalue weighted by Gasteiger charge is -2.04. The third kappa shape index (κ3) is 2.31. The number of hydrogen-bond donors (Lipinski definition) is 0. The van der Waals surface area contributed by atoms with Crippen LogP contribution in [0.5, 0.6) is 0 Å². The van der Waals surface area contributed by atoms with Crippen LogP contribution in [0.25, 0.3) is 0 Å². The first kappa shape index (κ1) is 10.5. The molecule has 0 aliphatic carbocycles. The molecule has 3 heteroatoms. The minimum Gasteiger partial charge on any atom is -0.298 e. The Bertz CT molecular complexity index is 495. The van der Waals surface area contributed by atoms with Crippen molar-refractivity contribution in [2.24, 2.45) is 0 Å².